The highest BCUT2D eigenvalue weighted by Gasteiger charge is 2.69. The van der Waals surface area contributed by atoms with Crippen molar-refractivity contribution in [3.05, 3.63) is 69.2 Å². The van der Waals surface area contributed by atoms with Gasteiger partial charge in [-0.1, -0.05) is 55.2 Å². The van der Waals surface area contributed by atoms with Crippen LogP contribution in [-0.2, 0) is 15.1 Å². The molecule has 0 aliphatic carbocycles. The Bertz CT molecular complexity index is 1160. The molecule has 2 fully saturated rings. The average molecular weight is 526 g/mol. The van der Waals surface area contributed by atoms with Gasteiger partial charge in [-0.3, -0.25) is 4.79 Å². The van der Waals surface area contributed by atoms with Crippen LogP contribution in [0.25, 0.3) is 0 Å². The Hall–Kier alpha value is -1.77. The first kappa shape index (κ1) is 26.3. The number of rotatable bonds is 6. The van der Waals surface area contributed by atoms with E-state index in [-0.39, 0.29) is 26.6 Å². The number of hydrogen-bond acceptors (Lipinski definition) is 5. The maximum Gasteiger partial charge on any atom is 0.325 e. The van der Waals surface area contributed by atoms with Gasteiger partial charge in [-0.2, -0.15) is 0 Å². The molecule has 2 saturated heterocycles. The van der Waals surface area contributed by atoms with Gasteiger partial charge in [-0.05, 0) is 62.4 Å². The first-order valence-electron chi connectivity index (χ1n) is 11.6. The van der Waals surface area contributed by atoms with Crippen LogP contribution in [0.2, 0.25) is 10.0 Å². The van der Waals surface area contributed by atoms with Gasteiger partial charge < -0.3 is 16.2 Å². The van der Waals surface area contributed by atoms with Crippen LogP contribution < -0.4 is 11.5 Å². The number of cyclic esters (lactones) is 1. The van der Waals surface area contributed by atoms with Gasteiger partial charge in [0.1, 0.15) is 17.7 Å². The van der Waals surface area contributed by atoms with Crippen molar-refractivity contribution in [1.82, 2.24) is 4.90 Å². The highest BCUT2D eigenvalue weighted by atomic mass is 35.5. The first-order chi connectivity index (χ1) is 16.2. The van der Waals surface area contributed by atoms with E-state index < -0.39 is 46.9 Å². The summed E-state index contributed by atoms with van der Waals surface area (Å²) in [7, 11) is 0. The minimum Gasteiger partial charge on any atom is -0.443 e. The summed E-state index contributed by atoms with van der Waals surface area (Å²) >= 11 is 12.2. The minimum atomic E-state index is -1.52. The summed E-state index contributed by atoms with van der Waals surface area (Å²) in [6, 6.07) is 7.28. The number of carbonyl (C=O) groups excluding carboxylic acids is 1. The first-order valence-corrected chi connectivity index (χ1v) is 12.4. The highest BCUT2D eigenvalue weighted by molar-refractivity contribution is 6.31. The lowest BCUT2D eigenvalue weighted by molar-refractivity contribution is -0.152. The van der Waals surface area contributed by atoms with Gasteiger partial charge in [-0.15, -0.1) is 0 Å². The lowest BCUT2D eigenvalue weighted by Crippen LogP contribution is -2.57. The minimum absolute atomic E-state index is 0.106. The Morgan fingerprint density at radius 2 is 1.86 bits per heavy atom. The summed E-state index contributed by atoms with van der Waals surface area (Å²) in [5.74, 6) is -2.84. The maximum absolute atomic E-state index is 15.6. The summed E-state index contributed by atoms with van der Waals surface area (Å²) in [5.41, 5.74) is 10.6. The van der Waals surface area contributed by atoms with Crippen molar-refractivity contribution < 1.29 is 18.3 Å². The zero-order valence-corrected chi connectivity index (χ0v) is 21.8. The molecule has 5 nitrogen and oxygen atoms in total. The second kappa shape index (κ2) is 8.96. The molecule has 190 valence electrons. The van der Waals surface area contributed by atoms with E-state index >= 15 is 8.78 Å². The summed E-state index contributed by atoms with van der Waals surface area (Å²) in [6.07, 6.45) is 1.13. The fourth-order valence-electron chi connectivity index (χ4n) is 6.03. The van der Waals surface area contributed by atoms with E-state index in [0.717, 1.165) is 0 Å². The van der Waals surface area contributed by atoms with Crippen molar-refractivity contribution in [3.8, 4) is 0 Å². The van der Waals surface area contributed by atoms with E-state index in [1.54, 1.807) is 32.0 Å². The Balaban J connectivity index is 2.04. The highest BCUT2D eigenvalue weighted by Crippen LogP contribution is 2.58. The molecule has 9 heteroatoms. The topological polar surface area (TPSA) is 81.6 Å². The monoisotopic (exact) mass is 525 g/mol. The molecule has 0 saturated carbocycles. The molecular formula is C26H31Cl2F2N3O2. The molecule has 4 atom stereocenters. The van der Waals surface area contributed by atoms with E-state index in [4.69, 9.17) is 39.4 Å². The van der Waals surface area contributed by atoms with Gasteiger partial charge in [0.25, 0.3) is 0 Å². The van der Waals surface area contributed by atoms with Gasteiger partial charge in [0.2, 0.25) is 0 Å². The van der Waals surface area contributed by atoms with Gasteiger partial charge in [-0.25, -0.2) is 13.7 Å². The maximum atomic E-state index is 15.6. The number of benzene rings is 2. The zero-order chi connectivity index (χ0) is 25.9. The van der Waals surface area contributed by atoms with Crippen LogP contribution in [-0.4, -0.2) is 35.2 Å². The quantitative estimate of drug-likeness (QED) is 0.498. The number of hydrogen-bond donors (Lipinski definition) is 2. The molecule has 2 aromatic rings. The standard InChI is InChI=1S/C26H31Cl2F2N3O2/c1-24(2,10-11-31)13-19-26(32,16-9-8-14(27)12-18(16)29)20(15-6-5-7-17(28)21(15)30)22-23(34)35-25(3,4)33(19)22/h5-9,12,19-20,22H,10-11,13,31-32H2,1-4H3. The molecule has 4 N–H and O–H groups in total. The van der Waals surface area contributed by atoms with E-state index in [1.165, 1.54) is 18.2 Å². The molecule has 35 heavy (non-hydrogen) atoms. The molecule has 2 aliphatic rings. The number of nitrogens with zero attached hydrogens (tertiary/aromatic N) is 1. The fraction of sp³-hybridized carbons (Fsp3) is 0.500. The molecule has 0 radical (unpaired) electrons. The van der Waals surface area contributed by atoms with Gasteiger partial charge in [0.15, 0.2) is 5.72 Å². The van der Waals surface area contributed by atoms with E-state index in [2.05, 4.69) is 0 Å². The SMILES string of the molecule is CC(C)(CCN)CC1N2C(C(=O)OC2(C)C)C(c2cccc(Cl)c2F)C1(N)c1ccc(Cl)cc1F. The summed E-state index contributed by atoms with van der Waals surface area (Å²) < 4.78 is 36.9. The van der Waals surface area contributed by atoms with E-state index in [9.17, 15) is 4.79 Å². The lowest BCUT2D eigenvalue weighted by atomic mass is 9.67. The van der Waals surface area contributed by atoms with Crippen LogP contribution in [0.5, 0.6) is 0 Å². The number of ether oxygens (including phenoxy) is 1. The van der Waals surface area contributed by atoms with Crippen LogP contribution in [0.4, 0.5) is 8.78 Å². The lowest BCUT2D eigenvalue weighted by Gasteiger charge is -2.45. The fourth-order valence-corrected chi connectivity index (χ4v) is 6.37. The molecular weight excluding hydrogens is 495 g/mol. The third kappa shape index (κ3) is 4.25. The van der Waals surface area contributed by atoms with Crippen molar-refractivity contribution in [3.63, 3.8) is 0 Å². The van der Waals surface area contributed by atoms with Crippen LogP contribution >= 0.6 is 23.2 Å². The number of carbonyl (C=O) groups is 1. The summed E-state index contributed by atoms with van der Waals surface area (Å²) in [5, 5.41) is 0.101. The second-order valence-electron chi connectivity index (χ2n) is 10.8. The number of esters is 1. The van der Waals surface area contributed by atoms with Crippen molar-refractivity contribution in [2.75, 3.05) is 6.54 Å². The van der Waals surface area contributed by atoms with Crippen LogP contribution in [0.3, 0.4) is 0 Å². The molecule has 4 rings (SSSR count). The van der Waals surface area contributed by atoms with Crippen molar-refractivity contribution in [1.29, 1.82) is 0 Å². The van der Waals surface area contributed by atoms with Gasteiger partial charge in [0.05, 0.1) is 10.6 Å². The molecule has 2 aromatic carbocycles. The Kier molecular flexibility index (Phi) is 6.73. The number of fused-ring (bicyclic) bond motifs is 1. The van der Waals surface area contributed by atoms with Gasteiger partial charge in [0, 0.05) is 22.5 Å². The second-order valence-corrected chi connectivity index (χ2v) is 11.7. The van der Waals surface area contributed by atoms with E-state index in [0.29, 0.717) is 19.4 Å². The zero-order valence-electron chi connectivity index (χ0n) is 20.2. The average Bonchev–Trinajstić information content (AvgIpc) is 3.12. The molecule has 2 aliphatic heterocycles. The molecule has 0 bridgehead atoms. The smallest absolute Gasteiger partial charge is 0.325 e. The Morgan fingerprint density at radius 1 is 1.17 bits per heavy atom. The van der Waals surface area contributed by atoms with Crippen LogP contribution in [0.15, 0.2) is 36.4 Å². The largest absolute Gasteiger partial charge is 0.443 e. The predicted molar refractivity (Wildman–Crippen MR) is 133 cm³/mol. The number of nitrogens with two attached hydrogens (primary N) is 2. The van der Waals surface area contributed by atoms with Crippen molar-refractivity contribution in [2.24, 2.45) is 16.9 Å². The summed E-state index contributed by atoms with van der Waals surface area (Å²) in [6.45, 7) is 8.08. The van der Waals surface area contributed by atoms with Crippen LogP contribution in [0.1, 0.15) is 57.6 Å². The van der Waals surface area contributed by atoms with Crippen molar-refractivity contribution >= 4 is 29.2 Å². The third-order valence-electron chi connectivity index (χ3n) is 7.51. The molecule has 0 amide bonds. The molecule has 2 heterocycles. The molecule has 4 unspecified atom stereocenters. The number of halogens is 4. The predicted octanol–water partition coefficient (Wildman–Crippen LogP) is 5.32. The molecule has 0 spiro atoms. The molecule has 0 aromatic heterocycles. The van der Waals surface area contributed by atoms with E-state index in [1.807, 2.05) is 18.7 Å². The van der Waals surface area contributed by atoms with Crippen molar-refractivity contribution in [2.45, 2.75) is 69.8 Å². The third-order valence-corrected chi connectivity index (χ3v) is 8.04. The van der Waals surface area contributed by atoms with Crippen LogP contribution in [0, 0.1) is 17.0 Å². The summed E-state index contributed by atoms with van der Waals surface area (Å²) in [4.78, 5) is 15.2. The normalized spacial score (nSPS) is 28.3. The Morgan fingerprint density at radius 3 is 2.49 bits per heavy atom. The van der Waals surface area contributed by atoms with Gasteiger partial charge >= 0.3 is 5.97 Å². The Labute approximate surface area is 214 Å².